The number of likely N-dealkylation sites (N-methyl/N-ethyl adjacent to an activating group) is 1. The molecule has 4 nitrogen and oxygen atoms in total. The fraction of sp³-hybridized carbons (Fsp3) is 0.478. The zero-order valence-electron chi connectivity index (χ0n) is 17.7. The molecular weight excluding hydrogens is 407 g/mol. The summed E-state index contributed by atoms with van der Waals surface area (Å²) in [5, 5.41) is 4.24. The number of nitrogens with one attached hydrogen (secondary N) is 1. The van der Waals surface area contributed by atoms with Gasteiger partial charge < -0.3 is 10.2 Å². The second-order valence-corrected chi connectivity index (χ2v) is 9.17. The summed E-state index contributed by atoms with van der Waals surface area (Å²) in [5.41, 5.74) is 3.35. The summed E-state index contributed by atoms with van der Waals surface area (Å²) in [6.07, 6.45) is 1.55. The van der Waals surface area contributed by atoms with Crippen LogP contribution in [0.1, 0.15) is 58.9 Å². The molecule has 0 saturated heterocycles. The minimum absolute atomic E-state index is 0.0567. The number of rotatable bonds is 4. The van der Waals surface area contributed by atoms with Crippen molar-refractivity contribution in [2.45, 2.75) is 53.4 Å². The van der Waals surface area contributed by atoms with Crippen LogP contribution in [0.2, 0.25) is 10.0 Å². The molecule has 0 spiro atoms. The Kier molecular flexibility index (Phi) is 6.16. The molecule has 1 aromatic rings. The molecular formula is C23H28Cl2N2O2. The molecule has 0 bridgehead atoms. The summed E-state index contributed by atoms with van der Waals surface area (Å²) < 4.78 is 0. The fourth-order valence-electron chi connectivity index (χ4n) is 4.27. The number of benzene rings is 1. The first-order chi connectivity index (χ1) is 13.6. The van der Waals surface area contributed by atoms with Crippen LogP contribution in [0.4, 0.5) is 0 Å². The highest BCUT2D eigenvalue weighted by molar-refractivity contribution is 6.42. The number of dihydropyridines is 1. The van der Waals surface area contributed by atoms with E-state index in [2.05, 4.69) is 5.32 Å². The first kappa shape index (κ1) is 21.9. The average molecular weight is 435 g/mol. The molecule has 1 N–H and O–H groups in total. The summed E-state index contributed by atoms with van der Waals surface area (Å²) in [7, 11) is 0. The number of hydrogen-bond donors (Lipinski definition) is 1. The number of nitrogens with zero attached hydrogens (tertiary/aromatic N) is 1. The van der Waals surface area contributed by atoms with Crippen LogP contribution in [0.5, 0.6) is 0 Å². The van der Waals surface area contributed by atoms with Gasteiger partial charge in [-0.2, -0.15) is 0 Å². The molecule has 0 fully saturated rings. The lowest BCUT2D eigenvalue weighted by Gasteiger charge is -2.40. The Morgan fingerprint density at radius 3 is 2.45 bits per heavy atom. The Morgan fingerprint density at radius 2 is 1.86 bits per heavy atom. The number of allylic oxidation sites excluding steroid dienone is 3. The van der Waals surface area contributed by atoms with E-state index in [9.17, 15) is 9.59 Å². The third-order valence-electron chi connectivity index (χ3n) is 6.06. The molecule has 156 valence electrons. The van der Waals surface area contributed by atoms with Gasteiger partial charge in [-0.1, -0.05) is 43.1 Å². The summed E-state index contributed by atoms with van der Waals surface area (Å²) in [6.45, 7) is 11.0. The maximum Gasteiger partial charge on any atom is 0.252 e. The number of Topliss-reactive ketones (excluding diaryl/α,β-unsaturated/α-hetero) is 1. The molecule has 0 saturated carbocycles. The van der Waals surface area contributed by atoms with Gasteiger partial charge in [-0.25, -0.2) is 0 Å². The van der Waals surface area contributed by atoms with Gasteiger partial charge in [0.15, 0.2) is 5.78 Å². The van der Waals surface area contributed by atoms with Crippen LogP contribution in [0.15, 0.2) is 40.7 Å². The Balaban J connectivity index is 2.23. The van der Waals surface area contributed by atoms with Gasteiger partial charge in [0, 0.05) is 47.0 Å². The van der Waals surface area contributed by atoms with Crippen molar-refractivity contribution < 1.29 is 9.59 Å². The quantitative estimate of drug-likeness (QED) is 0.683. The number of carbonyl (C=O) groups excluding carboxylic acids is 2. The minimum Gasteiger partial charge on any atom is -0.362 e. The highest BCUT2D eigenvalue weighted by atomic mass is 35.5. The average Bonchev–Trinajstić information content (AvgIpc) is 2.67. The molecule has 1 heterocycles. The van der Waals surface area contributed by atoms with Crippen LogP contribution < -0.4 is 5.32 Å². The van der Waals surface area contributed by atoms with E-state index in [1.165, 1.54) is 0 Å². The first-order valence-electron chi connectivity index (χ1n) is 10.1. The van der Waals surface area contributed by atoms with Gasteiger partial charge in [0.2, 0.25) is 0 Å². The van der Waals surface area contributed by atoms with Crippen molar-refractivity contribution >= 4 is 34.9 Å². The van der Waals surface area contributed by atoms with Crippen LogP contribution in [0, 0.1) is 5.41 Å². The van der Waals surface area contributed by atoms with E-state index in [1.54, 1.807) is 17.0 Å². The van der Waals surface area contributed by atoms with E-state index in [-0.39, 0.29) is 11.7 Å². The highest BCUT2D eigenvalue weighted by Gasteiger charge is 2.45. The van der Waals surface area contributed by atoms with E-state index < -0.39 is 11.3 Å². The maximum absolute atomic E-state index is 13.5. The van der Waals surface area contributed by atoms with Gasteiger partial charge in [-0.05, 0) is 51.3 Å². The second kappa shape index (κ2) is 8.16. The molecule has 1 amide bonds. The molecule has 0 aromatic heterocycles. The third kappa shape index (κ3) is 3.85. The number of ketones is 1. The maximum atomic E-state index is 13.5. The molecule has 1 aliphatic carbocycles. The summed E-state index contributed by atoms with van der Waals surface area (Å²) >= 11 is 12.5. The van der Waals surface area contributed by atoms with E-state index in [4.69, 9.17) is 23.2 Å². The van der Waals surface area contributed by atoms with Crippen molar-refractivity contribution in [3.8, 4) is 0 Å². The Bertz CT molecular complexity index is 927. The summed E-state index contributed by atoms with van der Waals surface area (Å²) in [5.74, 6) is -0.431. The molecule has 2 aliphatic rings. The first-order valence-corrected chi connectivity index (χ1v) is 10.9. The third-order valence-corrected chi connectivity index (χ3v) is 6.80. The van der Waals surface area contributed by atoms with E-state index in [0.29, 0.717) is 34.3 Å². The number of halogens is 2. The SMILES string of the molecule is CCN(CC)C(=O)C1=C(C)NC2=C(C(=O)C(C)(C)CC2)C1c1ccc(Cl)c(Cl)c1. The smallest absolute Gasteiger partial charge is 0.252 e. The molecule has 1 atom stereocenters. The Labute approximate surface area is 182 Å². The van der Waals surface area contributed by atoms with Crippen molar-refractivity contribution in [1.29, 1.82) is 0 Å². The minimum atomic E-state index is -0.469. The molecule has 29 heavy (non-hydrogen) atoms. The normalized spacial score (nSPS) is 21.1. The number of hydrogen-bond acceptors (Lipinski definition) is 3. The van der Waals surface area contributed by atoms with Gasteiger partial charge in [0.1, 0.15) is 0 Å². The van der Waals surface area contributed by atoms with E-state index in [1.807, 2.05) is 40.7 Å². The number of amides is 1. The summed E-state index contributed by atoms with van der Waals surface area (Å²) in [6, 6.07) is 5.38. The molecule has 6 heteroatoms. The van der Waals surface area contributed by atoms with Crippen molar-refractivity contribution in [2.24, 2.45) is 5.41 Å². The second-order valence-electron chi connectivity index (χ2n) is 8.35. The van der Waals surface area contributed by atoms with Gasteiger partial charge in [0.05, 0.1) is 10.0 Å². The Hall–Kier alpha value is -1.78. The van der Waals surface area contributed by atoms with Crippen LogP contribution >= 0.6 is 23.2 Å². The lowest BCUT2D eigenvalue weighted by atomic mass is 9.67. The summed E-state index contributed by atoms with van der Waals surface area (Å²) in [4.78, 5) is 28.8. The monoisotopic (exact) mass is 434 g/mol. The zero-order chi connectivity index (χ0) is 21.5. The van der Waals surface area contributed by atoms with E-state index >= 15 is 0 Å². The standard InChI is InChI=1S/C23H28Cl2N2O2/c1-6-27(7-2)22(29)18-13(3)26-17-10-11-23(4,5)21(28)20(17)19(18)14-8-9-15(24)16(25)12-14/h8-9,12,19,26H,6-7,10-11H2,1-5H3. The van der Waals surface area contributed by atoms with Crippen molar-refractivity contribution in [1.82, 2.24) is 10.2 Å². The van der Waals surface area contributed by atoms with Crippen molar-refractivity contribution in [2.75, 3.05) is 13.1 Å². The van der Waals surface area contributed by atoms with Gasteiger partial charge in [0.25, 0.3) is 5.91 Å². The molecule has 3 rings (SSSR count). The topological polar surface area (TPSA) is 49.4 Å². The zero-order valence-corrected chi connectivity index (χ0v) is 19.2. The lowest BCUT2D eigenvalue weighted by molar-refractivity contribution is -0.127. The van der Waals surface area contributed by atoms with E-state index in [0.717, 1.165) is 29.8 Å². The highest BCUT2D eigenvalue weighted by Crippen LogP contribution is 2.47. The van der Waals surface area contributed by atoms with Crippen molar-refractivity contribution in [3.63, 3.8) is 0 Å². The van der Waals surface area contributed by atoms with Crippen molar-refractivity contribution in [3.05, 3.63) is 56.3 Å². The van der Waals surface area contributed by atoms with Crippen LogP contribution in [0.25, 0.3) is 0 Å². The number of carbonyl (C=O) groups is 2. The van der Waals surface area contributed by atoms with Gasteiger partial charge >= 0.3 is 0 Å². The molecule has 1 unspecified atom stereocenters. The molecule has 1 aliphatic heterocycles. The largest absolute Gasteiger partial charge is 0.362 e. The molecule has 0 radical (unpaired) electrons. The predicted octanol–water partition coefficient (Wildman–Crippen LogP) is 5.47. The van der Waals surface area contributed by atoms with Gasteiger partial charge in [-0.3, -0.25) is 9.59 Å². The fourth-order valence-corrected chi connectivity index (χ4v) is 4.57. The molecule has 1 aromatic carbocycles. The van der Waals surface area contributed by atoms with Crippen LogP contribution in [0.3, 0.4) is 0 Å². The predicted molar refractivity (Wildman–Crippen MR) is 118 cm³/mol. The Morgan fingerprint density at radius 1 is 1.21 bits per heavy atom. The lowest BCUT2D eigenvalue weighted by Crippen LogP contribution is -2.43. The van der Waals surface area contributed by atoms with Crippen LogP contribution in [-0.4, -0.2) is 29.7 Å². The van der Waals surface area contributed by atoms with Gasteiger partial charge in [-0.15, -0.1) is 0 Å². The van der Waals surface area contributed by atoms with Crippen LogP contribution in [-0.2, 0) is 9.59 Å².